The number of carbonyl (C=O) groups excluding carboxylic acids is 1. The Morgan fingerprint density at radius 1 is 1.23 bits per heavy atom. The number of nitrogens with zero attached hydrogens (tertiary/aromatic N) is 2. The summed E-state index contributed by atoms with van der Waals surface area (Å²) < 4.78 is 17.1. The Hall–Kier alpha value is -1.33. The lowest BCUT2D eigenvalue weighted by molar-refractivity contribution is -0.0721. The van der Waals surface area contributed by atoms with Crippen molar-refractivity contribution in [3.63, 3.8) is 0 Å². The zero-order chi connectivity index (χ0) is 21.2. The van der Waals surface area contributed by atoms with E-state index in [2.05, 4.69) is 20.5 Å². The first-order valence-electron chi connectivity index (χ1n) is 11.2. The minimum absolute atomic E-state index is 0. The molecule has 3 rings (SSSR count). The number of furan rings is 1. The molecule has 9 heteroatoms. The van der Waals surface area contributed by atoms with Gasteiger partial charge in [0, 0.05) is 45.4 Å². The number of halogens is 1. The quantitative estimate of drug-likeness (QED) is 0.225. The monoisotopic (exact) mass is 548 g/mol. The molecule has 2 fully saturated rings. The van der Waals surface area contributed by atoms with Crippen LogP contribution in [0.15, 0.2) is 21.7 Å². The van der Waals surface area contributed by atoms with Crippen LogP contribution in [0.2, 0.25) is 0 Å². The van der Waals surface area contributed by atoms with Gasteiger partial charge in [-0.15, -0.1) is 24.0 Å². The molecule has 1 amide bonds. The van der Waals surface area contributed by atoms with Crippen molar-refractivity contribution in [1.29, 1.82) is 0 Å². The van der Waals surface area contributed by atoms with Gasteiger partial charge in [-0.3, -0.25) is 9.79 Å². The molecule has 2 N–H and O–H groups in total. The van der Waals surface area contributed by atoms with Gasteiger partial charge >= 0.3 is 0 Å². The fourth-order valence-electron chi connectivity index (χ4n) is 3.92. The van der Waals surface area contributed by atoms with Crippen molar-refractivity contribution in [3.8, 4) is 0 Å². The van der Waals surface area contributed by atoms with E-state index < -0.39 is 0 Å². The van der Waals surface area contributed by atoms with E-state index in [9.17, 15) is 4.79 Å². The van der Waals surface area contributed by atoms with Crippen LogP contribution in [0.1, 0.15) is 54.6 Å². The van der Waals surface area contributed by atoms with Crippen molar-refractivity contribution in [1.82, 2.24) is 15.5 Å². The Morgan fingerprint density at radius 3 is 2.65 bits per heavy atom. The molecule has 1 aromatic rings. The highest BCUT2D eigenvalue weighted by Gasteiger charge is 2.23. The van der Waals surface area contributed by atoms with Crippen LogP contribution in [0.5, 0.6) is 0 Å². The lowest BCUT2D eigenvalue weighted by Gasteiger charge is -2.35. The van der Waals surface area contributed by atoms with Gasteiger partial charge in [0.15, 0.2) is 11.7 Å². The number of piperidine rings is 1. The maximum Gasteiger partial charge on any atom is 0.287 e. The Bertz CT molecular complexity index is 683. The van der Waals surface area contributed by atoms with Crippen LogP contribution < -0.4 is 10.6 Å². The molecule has 2 aliphatic heterocycles. The van der Waals surface area contributed by atoms with Crippen LogP contribution in [-0.4, -0.2) is 75.4 Å². The van der Waals surface area contributed by atoms with Gasteiger partial charge in [0.1, 0.15) is 0 Å². The Morgan fingerprint density at radius 2 is 2.00 bits per heavy atom. The van der Waals surface area contributed by atoms with Gasteiger partial charge in [-0.2, -0.15) is 0 Å². The fourth-order valence-corrected chi connectivity index (χ4v) is 3.92. The lowest BCUT2D eigenvalue weighted by Crippen LogP contribution is -2.47. The van der Waals surface area contributed by atoms with E-state index >= 15 is 0 Å². The first kappa shape index (κ1) is 25.9. The van der Waals surface area contributed by atoms with Crippen LogP contribution in [0.25, 0.3) is 0 Å². The third-order valence-electron chi connectivity index (χ3n) is 5.74. The van der Waals surface area contributed by atoms with E-state index in [0.717, 1.165) is 70.1 Å². The van der Waals surface area contributed by atoms with Gasteiger partial charge < -0.3 is 29.4 Å². The van der Waals surface area contributed by atoms with Crippen molar-refractivity contribution >= 4 is 35.8 Å². The number of aliphatic imine (C=N–C) groups is 1. The van der Waals surface area contributed by atoms with Crippen molar-refractivity contribution in [3.05, 3.63) is 23.7 Å². The second-order valence-electron chi connectivity index (χ2n) is 8.02. The summed E-state index contributed by atoms with van der Waals surface area (Å²) in [6, 6.07) is 1.79. The summed E-state index contributed by atoms with van der Waals surface area (Å²) in [5.74, 6) is 1.14. The minimum atomic E-state index is -0.164. The number of hydrogen-bond donors (Lipinski definition) is 2. The SMILES string of the molecule is CN=C(NCCCNC(=O)c1occc1C)N1CCC(OCC2CCCCO2)CC1.I. The number of carbonyl (C=O) groups is 1. The average Bonchev–Trinajstić information content (AvgIpc) is 3.22. The molecule has 1 unspecified atom stereocenters. The lowest BCUT2D eigenvalue weighted by atomic mass is 10.1. The van der Waals surface area contributed by atoms with Gasteiger partial charge in [0.05, 0.1) is 25.1 Å². The zero-order valence-corrected chi connectivity index (χ0v) is 21.1. The van der Waals surface area contributed by atoms with E-state index in [1.165, 1.54) is 19.1 Å². The number of nitrogens with one attached hydrogen (secondary N) is 2. The molecule has 0 bridgehead atoms. The van der Waals surface area contributed by atoms with E-state index in [1.54, 1.807) is 6.07 Å². The molecular formula is C22H37IN4O4. The zero-order valence-electron chi connectivity index (χ0n) is 18.7. The summed E-state index contributed by atoms with van der Waals surface area (Å²) in [6.45, 7) is 6.67. The molecule has 3 heterocycles. The molecule has 1 aromatic heterocycles. The number of guanidine groups is 1. The molecule has 2 aliphatic rings. The number of rotatable bonds is 8. The summed E-state index contributed by atoms with van der Waals surface area (Å²) in [6.07, 6.45) is 8.50. The number of amides is 1. The molecule has 0 aliphatic carbocycles. The molecule has 8 nitrogen and oxygen atoms in total. The van der Waals surface area contributed by atoms with Crippen LogP contribution in [0, 0.1) is 6.92 Å². The molecular weight excluding hydrogens is 511 g/mol. The smallest absolute Gasteiger partial charge is 0.287 e. The van der Waals surface area contributed by atoms with Crippen molar-refractivity contribution in [2.75, 3.05) is 46.4 Å². The minimum Gasteiger partial charge on any atom is -0.459 e. The highest BCUT2D eigenvalue weighted by Crippen LogP contribution is 2.18. The van der Waals surface area contributed by atoms with Crippen LogP contribution in [0.4, 0.5) is 0 Å². The first-order valence-corrected chi connectivity index (χ1v) is 11.2. The molecule has 31 heavy (non-hydrogen) atoms. The van der Waals surface area contributed by atoms with E-state index in [1.807, 2.05) is 14.0 Å². The van der Waals surface area contributed by atoms with Crippen molar-refractivity contribution in [2.45, 2.75) is 57.7 Å². The first-order chi connectivity index (χ1) is 14.7. The molecule has 1 atom stereocenters. The molecule has 0 spiro atoms. The van der Waals surface area contributed by atoms with Crippen molar-refractivity contribution in [2.24, 2.45) is 4.99 Å². The average molecular weight is 548 g/mol. The van der Waals surface area contributed by atoms with Gasteiger partial charge in [-0.1, -0.05) is 0 Å². The second kappa shape index (κ2) is 13.9. The molecule has 2 saturated heterocycles. The topological polar surface area (TPSA) is 88.3 Å². The molecule has 0 radical (unpaired) electrons. The summed E-state index contributed by atoms with van der Waals surface area (Å²) in [5.41, 5.74) is 0.852. The number of hydrogen-bond acceptors (Lipinski definition) is 5. The number of likely N-dealkylation sites (tertiary alicyclic amines) is 1. The van der Waals surface area contributed by atoms with E-state index in [-0.39, 0.29) is 36.0 Å². The van der Waals surface area contributed by atoms with Gasteiger partial charge in [0.25, 0.3) is 5.91 Å². The predicted octanol–water partition coefficient (Wildman–Crippen LogP) is 2.95. The summed E-state index contributed by atoms with van der Waals surface area (Å²) in [5, 5.41) is 6.29. The van der Waals surface area contributed by atoms with Crippen molar-refractivity contribution < 1.29 is 18.7 Å². The number of ether oxygens (including phenoxy) is 2. The van der Waals surface area contributed by atoms with Crippen LogP contribution in [0.3, 0.4) is 0 Å². The third kappa shape index (κ3) is 8.27. The van der Waals surface area contributed by atoms with Gasteiger partial charge in [-0.25, -0.2) is 0 Å². The second-order valence-corrected chi connectivity index (χ2v) is 8.02. The highest BCUT2D eigenvalue weighted by molar-refractivity contribution is 14.0. The van der Waals surface area contributed by atoms with Gasteiger partial charge in [-0.05, 0) is 51.5 Å². The maximum absolute atomic E-state index is 12.0. The molecule has 0 saturated carbocycles. The number of aryl methyl sites for hydroxylation is 1. The Kier molecular flexibility index (Phi) is 11.7. The predicted molar refractivity (Wildman–Crippen MR) is 131 cm³/mol. The van der Waals surface area contributed by atoms with E-state index in [0.29, 0.717) is 18.4 Å². The Balaban J connectivity index is 0.00000341. The highest BCUT2D eigenvalue weighted by atomic mass is 127. The largest absolute Gasteiger partial charge is 0.459 e. The van der Waals surface area contributed by atoms with Gasteiger partial charge in [0.2, 0.25) is 0 Å². The fraction of sp³-hybridized carbons (Fsp3) is 0.727. The summed E-state index contributed by atoms with van der Waals surface area (Å²) in [4.78, 5) is 18.7. The van der Waals surface area contributed by atoms with Crippen LogP contribution >= 0.6 is 24.0 Å². The standard InChI is InChI=1S/C22H36N4O4.HI/c1-17-9-15-29-20(17)21(27)24-10-5-11-25-22(23-2)26-12-7-18(8-13-26)30-16-19-6-3-4-14-28-19;/h9,15,18-19H,3-8,10-14,16H2,1-2H3,(H,23,25)(H,24,27);1H. The summed E-state index contributed by atoms with van der Waals surface area (Å²) in [7, 11) is 1.81. The molecule has 0 aromatic carbocycles. The normalized spacial score (nSPS) is 20.3. The van der Waals surface area contributed by atoms with Crippen LogP contribution in [-0.2, 0) is 9.47 Å². The molecule has 176 valence electrons. The Labute approximate surface area is 202 Å². The van der Waals surface area contributed by atoms with E-state index in [4.69, 9.17) is 13.9 Å². The summed E-state index contributed by atoms with van der Waals surface area (Å²) >= 11 is 0. The third-order valence-corrected chi connectivity index (χ3v) is 5.74. The maximum atomic E-state index is 12.0.